The van der Waals surface area contributed by atoms with E-state index in [2.05, 4.69) is 14.9 Å². The molecule has 1 aromatic carbocycles. The van der Waals surface area contributed by atoms with E-state index in [1.807, 2.05) is 0 Å². The summed E-state index contributed by atoms with van der Waals surface area (Å²) in [6, 6.07) is 8.51. The third-order valence-electron chi connectivity index (χ3n) is 4.40. The molecule has 172 valence electrons. The van der Waals surface area contributed by atoms with Crippen LogP contribution in [0.5, 0.6) is 5.88 Å². The average Bonchev–Trinajstić information content (AvgIpc) is 3.06. The molecule has 12 heteroatoms. The van der Waals surface area contributed by atoms with Gasteiger partial charge in [-0.05, 0) is 42.5 Å². The SMILES string of the molecule is COC(=O)C1=C(C(=O)OC)N(c2ccc(S(=O)(=O)Nc3ccc(OC)nn3)cc2)C=CC=C1. The second kappa shape index (κ2) is 9.96. The Morgan fingerprint density at radius 3 is 2.18 bits per heavy atom. The van der Waals surface area contributed by atoms with Crippen molar-refractivity contribution in [2.24, 2.45) is 0 Å². The van der Waals surface area contributed by atoms with Gasteiger partial charge < -0.3 is 19.1 Å². The van der Waals surface area contributed by atoms with Crippen LogP contribution < -0.4 is 14.4 Å². The predicted octanol–water partition coefficient (Wildman–Crippen LogP) is 1.78. The maximum Gasteiger partial charge on any atom is 0.355 e. The van der Waals surface area contributed by atoms with Gasteiger partial charge >= 0.3 is 11.9 Å². The number of methoxy groups -OCH3 is 3. The number of nitrogens with one attached hydrogen (secondary N) is 1. The minimum Gasteiger partial charge on any atom is -0.480 e. The van der Waals surface area contributed by atoms with Crippen molar-refractivity contribution in [3.63, 3.8) is 0 Å². The van der Waals surface area contributed by atoms with E-state index in [1.165, 1.54) is 74.9 Å². The van der Waals surface area contributed by atoms with E-state index < -0.39 is 22.0 Å². The number of esters is 2. The Bertz CT molecular complexity index is 1230. The number of nitrogens with zero attached hydrogens (tertiary/aromatic N) is 3. The zero-order valence-electron chi connectivity index (χ0n) is 17.9. The van der Waals surface area contributed by atoms with Gasteiger partial charge in [-0.3, -0.25) is 4.72 Å². The Balaban J connectivity index is 1.94. The standard InChI is InChI=1S/C21H20N4O7S/c1-30-18-12-11-17(22-23-18)24-33(28,29)15-9-7-14(8-10-15)25-13-5-4-6-16(20(26)31-2)19(25)21(27)32-3/h4-13H,1-3H3,(H,22,24). The molecule has 2 heterocycles. The largest absolute Gasteiger partial charge is 0.480 e. The fourth-order valence-corrected chi connectivity index (χ4v) is 3.83. The van der Waals surface area contributed by atoms with Crippen LogP contribution in [0.3, 0.4) is 0 Å². The van der Waals surface area contributed by atoms with Gasteiger partial charge in [-0.2, -0.15) is 0 Å². The first-order chi connectivity index (χ1) is 15.8. The third kappa shape index (κ3) is 5.18. The van der Waals surface area contributed by atoms with Gasteiger partial charge in [-0.15, -0.1) is 10.2 Å². The zero-order valence-corrected chi connectivity index (χ0v) is 18.7. The van der Waals surface area contributed by atoms with Gasteiger partial charge in [0.2, 0.25) is 5.88 Å². The van der Waals surface area contributed by atoms with Gasteiger partial charge in [0.15, 0.2) is 5.82 Å². The van der Waals surface area contributed by atoms with Gasteiger partial charge in [0.1, 0.15) is 5.70 Å². The summed E-state index contributed by atoms with van der Waals surface area (Å²) in [5.74, 6) is -1.25. The van der Waals surface area contributed by atoms with E-state index in [9.17, 15) is 18.0 Å². The number of carbonyl (C=O) groups excluding carboxylic acids is 2. The maximum atomic E-state index is 12.7. The summed E-state index contributed by atoms with van der Waals surface area (Å²) in [6.45, 7) is 0. The molecule has 0 fully saturated rings. The third-order valence-corrected chi connectivity index (χ3v) is 5.77. The lowest BCUT2D eigenvalue weighted by molar-refractivity contribution is -0.139. The quantitative estimate of drug-likeness (QED) is 0.594. The van der Waals surface area contributed by atoms with Crippen LogP contribution in [0, 0.1) is 0 Å². The number of carbonyl (C=O) groups is 2. The fourth-order valence-electron chi connectivity index (χ4n) is 2.83. The molecule has 2 aromatic rings. The molecule has 1 aromatic heterocycles. The molecule has 1 aliphatic rings. The van der Waals surface area contributed by atoms with Crippen molar-refractivity contribution in [2.45, 2.75) is 4.90 Å². The van der Waals surface area contributed by atoms with Crippen molar-refractivity contribution in [3.8, 4) is 5.88 Å². The summed E-state index contributed by atoms with van der Waals surface area (Å²) in [7, 11) is -0.174. The molecule has 0 radical (unpaired) electrons. The number of benzene rings is 1. The Hall–Kier alpha value is -4.19. The first-order valence-electron chi connectivity index (χ1n) is 9.36. The van der Waals surface area contributed by atoms with Crippen molar-refractivity contribution in [3.05, 3.63) is 72.1 Å². The van der Waals surface area contributed by atoms with Gasteiger partial charge in [0.25, 0.3) is 10.0 Å². The Labute approximate surface area is 190 Å². The van der Waals surface area contributed by atoms with Crippen molar-refractivity contribution >= 4 is 33.5 Å². The molecule has 0 spiro atoms. The molecule has 0 unspecified atom stereocenters. The smallest absolute Gasteiger partial charge is 0.355 e. The highest BCUT2D eigenvalue weighted by Gasteiger charge is 2.27. The Morgan fingerprint density at radius 1 is 0.909 bits per heavy atom. The highest BCUT2D eigenvalue weighted by atomic mass is 32.2. The van der Waals surface area contributed by atoms with Crippen LogP contribution in [0.2, 0.25) is 0 Å². The number of anilines is 2. The Morgan fingerprint density at radius 2 is 1.61 bits per heavy atom. The summed E-state index contributed by atoms with van der Waals surface area (Å²) in [5.41, 5.74) is 0.294. The second-order valence-electron chi connectivity index (χ2n) is 6.38. The summed E-state index contributed by atoms with van der Waals surface area (Å²) in [6.07, 6.45) is 6.13. The number of rotatable bonds is 7. The summed E-state index contributed by atoms with van der Waals surface area (Å²) >= 11 is 0. The number of sulfonamides is 1. The van der Waals surface area contributed by atoms with Gasteiger partial charge in [-0.25, -0.2) is 18.0 Å². The van der Waals surface area contributed by atoms with E-state index in [-0.39, 0.29) is 27.9 Å². The van der Waals surface area contributed by atoms with Gasteiger partial charge in [0, 0.05) is 18.0 Å². The van der Waals surface area contributed by atoms with Crippen LogP contribution in [0.4, 0.5) is 11.5 Å². The van der Waals surface area contributed by atoms with Crippen molar-refractivity contribution in [1.82, 2.24) is 10.2 Å². The zero-order chi connectivity index (χ0) is 24.0. The molecule has 1 N–H and O–H groups in total. The van der Waals surface area contributed by atoms with Crippen molar-refractivity contribution < 1.29 is 32.2 Å². The first kappa shape index (κ1) is 23.5. The molecular formula is C21H20N4O7S. The lowest BCUT2D eigenvalue weighted by atomic mass is 10.1. The highest BCUT2D eigenvalue weighted by molar-refractivity contribution is 7.92. The highest BCUT2D eigenvalue weighted by Crippen LogP contribution is 2.27. The molecule has 0 saturated carbocycles. The first-order valence-corrected chi connectivity index (χ1v) is 10.8. The maximum absolute atomic E-state index is 12.7. The average molecular weight is 472 g/mol. The van der Waals surface area contributed by atoms with E-state index in [4.69, 9.17) is 14.2 Å². The molecule has 11 nitrogen and oxygen atoms in total. The molecular weight excluding hydrogens is 452 g/mol. The predicted molar refractivity (Wildman–Crippen MR) is 118 cm³/mol. The molecule has 0 amide bonds. The van der Waals surface area contributed by atoms with Crippen LogP contribution in [-0.2, 0) is 29.1 Å². The molecule has 0 saturated heterocycles. The summed E-state index contributed by atoms with van der Waals surface area (Å²) in [5, 5.41) is 7.46. The number of ether oxygens (including phenoxy) is 3. The lowest BCUT2D eigenvalue weighted by Gasteiger charge is -2.23. The van der Waals surface area contributed by atoms with E-state index >= 15 is 0 Å². The molecule has 3 rings (SSSR count). The van der Waals surface area contributed by atoms with Gasteiger partial charge in [0.05, 0.1) is 31.8 Å². The fraction of sp³-hybridized carbons (Fsp3) is 0.143. The molecule has 0 bridgehead atoms. The van der Waals surface area contributed by atoms with Gasteiger partial charge in [-0.1, -0.05) is 6.08 Å². The normalized spacial score (nSPS) is 13.4. The van der Waals surface area contributed by atoms with Crippen molar-refractivity contribution in [1.29, 1.82) is 0 Å². The van der Waals surface area contributed by atoms with E-state index in [0.29, 0.717) is 5.69 Å². The lowest BCUT2D eigenvalue weighted by Crippen LogP contribution is -2.27. The molecule has 1 aliphatic heterocycles. The van der Waals surface area contributed by atoms with E-state index in [0.717, 1.165) is 0 Å². The van der Waals surface area contributed by atoms with Crippen molar-refractivity contribution in [2.75, 3.05) is 31.0 Å². The molecule has 0 atom stereocenters. The van der Waals surface area contributed by atoms with Crippen LogP contribution in [0.25, 0.3) is 0 Å². The number of aromatic nitrogens is 2. The number of hydrogen-bond donors (Lipinski definition) is 1. The monoisotopic (exact) mass is 472 g/mol. The summed E-state index contributed by atoms with van der Waals surface area (Å²) < 4.78 is 42.2. The Kier molecular flexibility index (Phi) is 7.08. The topological polar surface area (TPSA) is 137 Å². The minimum absolute atomic E-state index is 0.0139. The van der Waals surface area contributed by atoms with Crippen LogP contribution in [-0.4, -0.2) is 51.9 Å². The minimum atomic E-state index is -3.97. The number of allylic oxidation sites excluding steroid dienone is 2. The van der Waals surface area contributed by atoms with Crippen LogP contribution >= 0.6 is 0 Å². The van der Waals surface area contributed by atoms with Crippen LogP contribution in [0.1, 0.15) is 0 Å². The molecule has 33 heavy (non-hydrogen) atoms. The summed E-state index contributed by atoms with van der Waals surface area (Å²) in [4.78, 5) is 26.1. The number of hydrogen-bond acceptors (Lipinski definition) is 10. The second-order valence-corrected chi connectivity index (χ2v) is 8.06. The molecule has 0 aliphatic carbocycles. The van der Waals surface area contributed by atoms with E-state index in [1.54, 1.807) is 12.2 Å². The van der Waals surface area contributed by atoms with Crippen LogP contribution in [0.15, 0.2) is 77.0 Å².